The summed E-state index contributed by atoms with van der Waals surface area (Å²) >= 11 is 1.56. The minimum Gasteiger partial charge on any atom is -0.481 e. The summed E-state index contributed by atoms with van der Waals surface area (Å²) in [5, 5.41) is 15.3. The quantitative estimate of drug-likeness (QED) is 0.771. The van der Waals surface area contributed by atoms with Crippen molar-refractivity contribution < 1.29 is 19.4 Å². The molecule has 1 aliphatic heterocycles. The zero-order chi connectivity index (χ0) is 18.5. The van der Waals surface area contributed by atoms with E-state index in [1.807, 2.05) is 5.38 Å². The van der Waals surface area contributed by atoms with E-state index in [1.165, 1.54) is 14.2 Å². The second-order valence-corrected chi connectivity index (χ2v) is 6.78. The lowest BCUT2D eigenvalue weighted by molar-refractivity contribution is 0.0345. The maximum Gasteiger partial charge on any atom is 0.257 e. The van der Waals surface area contributed by atoms with Gasteiger partial charge in [0, 0.05) is 31.1 Å². The van der Waals surface area contributed by atoms with E-state index in [4.69, 9.17) is 9.47 Å². The van der Waals surface area contributed by atoms with Crippen molar-refractivity contribution >= 4 is 17.2 Å². The number of carbonyl (C=O) groups excluding carboxylic acids is 1. The van der Waals surface area contributed by atoms with E-state index in [9.17, 15) is 9.90 Å². The molecule has 140 valence electrons. The highest BCUT2D eigenvalue weighted by atomic mass is 32.1. The van der Waals surface area contributed by atoms with E-state index in [0.29, 0.717) is 31.0 Å². The molecule has 9 heteroatoms. The summed E-state index contributed by atoms with van der Waals surface area (Å²) in [4.78, 5) is 23.1. The van der Waals surface area contributed by atoms with Crippen LogP contribution in [-0.4, -0.2) is 65.3 Å². The second kappa shape index (κ2) is 8.43. The van der Waals surface area contributed by atoms with E-state index < -0.39 is 6.10 Å². The minimum absolute atomic E-state index is 0.192. The largest absolute Gasteiger partial charge is 0.481 e. The topological polar surface area (TPSA) is 96.8 Å². The molecule has 0 radical (unpaired) electrons. The van der Waals surface area contributed by atoms with Crippen LogP contribution in [0.3, 0.4) is 0 Å². The highest BCUT2D eigenvalue weighted by Gasteiger charge is 2.30. The summed E-state index contributed by atoms with van der Waals surface area (Å²) in [5.74, 6) is 0.236. The van der Waals surface area contributed by atoms with Crippen molar-refractivity contribution in [3.8, 4) is 11.8 Å². The van der Waals surface area contributed by atoms with Crippen LogP contribution in [0, 0.1) is 0 Å². The number of nitrogens with one attached hydrogen (secondary N) is 1. The Labute approximate surface area is 155 Å². The lowest BCUT2D eigenvalue weighted by Gasteiger charge is -2.35. The Morgan fingerprint density at radius 1 is 1.42 bits per heavy atom. The lowest BCUT2D eigenvalue weighted by atomic mass is 10.0. The van der Waals surface area contributed by atoms with Crippen LogP contribution in [0.1, 0.15) is 22.5 Å². The predicted octanol–water partition coefficient (Wildman–Crippen LogP) is 0.920. The Bertz CT molecular complexity index is 740. The number of amides is 1. The number of carbonyl (C=O) groups is 1. The average Bonchev–Trinajstić information content (AvgIpc) is 3.16. The van der Waals surface area contributed by atoms with Crippen LogP contribution in [0.15, 0.2) is 23.0 Å². The Morgan fingerprint density at radius 2 is 2.27 bits per heavy atom. The highest BCUT2D eigenvalue weighted by molar-refractivity contribution is 7.07. The SMILES string of the molecule is COc1ccc(C(=O)N[C@@H]2CCN(Cc3cscn3)C[C@H]2O)c(OC)n1. The second-order valence-electron chi connectivity index (χ2n) is 6.06. The van der Waals surface area contributed by atoms with Crippen LogP contribution in [-0.2, 0) is 6.54 Å². The molecule has 0 unspecified atom stereocenters. The maximum atomic E-state index is 12.6. The monoisotopic (exact) mass is 378 g/mol. The molecule has 0 aromatic carbocycles. The van der Waals surface area contributed by atoms with Gasteiger partial charge in [0.2, 0.25) is 11.8 Å². The first-order valence-electron chi connectivity index (χ1n) is 8.28. The van der Waals surface area contributed by atoms with Gasteiger partial charge < -0.3 is 19.9 Å². The van der Waals surface area contributed by atoms with Crippen LogP contribution < -0.4 is 14.8 Å². The first-order valence-corrected chi connectivity index (χ1v) is 9.22. The summed E-state index contributed by atoms with van der Waals surface area (Å²) in [7, 11) is 2.95. The number of hydrogen-bond donors (Lipinski definition) is 2. The molecule has 1 saturated heterocycles. The van der Waals surface area contributed by atoms with Gasteiger partial charge >= 0.3 is 0 Å². The number of nitrogens with zero attached hydrogens (tertiary/aromatic N) is 3. The number of likely N-dealkylation sites (tertiary alicyclic amines) is 1. The summed E-state index contributed by atoms with van der Waals surface area (Å²) < 4.78 is 10.2. The van der Waals surface area contributed by atoms with Gasteiger partial charge in [-0.2, -0.15) is 4.98 Å². The standard InChI is InChI=1S/C17H22N4O4S/c1-24-15-4-3-12(17(20-15)25-2)16(23)19-13-5-6-21(8-14(13)22)7-11-9-26-10-18-11/h3-4,9-10,13-14,22H,5-8H2,1-2H3,(H,19,23)/t13-,14-/m1/s1. The van der Waals surface area contributed by atoms with E-state index in [1.54, 1.807) is 29.0 Å². The first kappa shape index (κ1) is 18.6. The zero-order valence-electron chi connectivity index (χ0n) is 14.7. The molecule has 1 amide bonds. The van der Waals surface area contributed by atoms with E-state index in [0.717, 1.165) is 12.2 Å². The Kier molecular flexibility index (Phi) is 6.02. The number of rotatable bonds is 6. The molecule has 1 aliphatic rings. The molecule has 2 aromatic rings. The number of aromatic nitrogens is 2. The van der Waals surface area contributed by atoms with Gasteiger partial charge in [0.1, 0.15) is 5.56 Å². The average molecular weight is 378 g/mol. The molecule has 0 spiro atoms. The Morgan fingerprint density at radius 3 is 2.92 bits per heavy atom. The molecule has 2 N–H and O–H groups in total. The first-order chi connectivity index (χ1) is 12.6. The van der Waals surface area contributed by atoms with Crippen molar-refractivity contribution in [2.24, 2.45) is 0 Å². The van der Waals surface area contributed by atoms with Gasteiger partial charge in [-0.3, -0.25) is 9.69 Å². The number of aliphatic hydroxyl groups is 1. The molecular weight excluding hydrogens is 356 g/mol. The van der Waals surface area contributed by atoms with Gasteiger partial charge in [0.25, 0.3) is 5.91 Å². The Balaban J connectivity index is 1.60. The summed E-state index contributed by atoms with van der Waals surface area (Å²) in [6.45, 7) is 1.97. The molecular formula is C17H22N4O4S. The van der Waals surface area contributed by atoms with Crippen LogP contribution >= 0.6 is 11.3 Å². The fourth-order valence-corrected chi connectivity index (χ4v) is 3.52. The van der Waals surface area contributed by atoms with E-state index >= 15 is 0 Å². The molecule has 2 aromatic heterocycles. The van der Waals surface area contributed by atoms with E-state index in [2.05, 4.69) is 20.2 Å². The maximum absolute atomic E-state index is 12.6. The normalized spacial score (nSPS) is 20.6. The lowest BCUT2D eigenvalue weighted by Crippen LogP contribution is -2.53. The molecule has 1 fully saturated rings. The number of ether oxygens (including phenoxy) is 2. The number of piperidine rings is 1. The van der Waals surface area contributed by atoms with Gasteiger partial charge in [-0.05, 0) is 12.5 Å². The molecule has 2 atom stereocenters. The highest BCUT2D eigenvalue weighted by Crippen LogP contribution is 2.21. The molecule has 0 aliphatic carbocycles. The third-order valence-electron chi connectivity index (χ3n) is 4.33. The fourth-order valence-electron chi connectivity index (χ4n) is 2.97. The number of methoxy groups -OCH3 is 2. The third-order valence-corrected chi connectivity index (χ3v) is 4.97. The molecule has 3 heterocycles. The molecule has 3 rings (SSSR count). The molecule has 0 bridgehead atoms. The van der Waals surface area contributed by atoms with Crippen molar-refractivity contribution in [2.45, 2.75) is 25.1 Å². The van der Waals surface area contributed by atoms with Crippen molar-refractivity contribution in [2.75, 3.05) is 27.3 Å². The van der Waals surface area contributed by atoms with Crippen molar-refractivity contribution in [3.05, 3.63) is 34.3 Å². The fraction of sp³-hybridized carbons (Fsp3) is 0.471. The van der Waals surface area contributed by atoms with Gasteiger partial charge in [-0.15, -0.1) is 11.3 Å². The van der Waals surface area contributed by atoms with Gasteiger partial charge in [-0.25, -0.2) is 4.98 Å². The molecule has 26 heavy (non-hydrogen) atoms. The summed E-state index contributed by atoms with van der Waals surface area (Å²) in [6, 6.07) is 2.88. The number of pyridine rings is 1. The van der Waals surface area contributed by atoms with Crippen LogP contribution in [0.2, 0.25) is 0 Å². The van der Waals surface area contributed by atoms with Gasteiger partial charge in [0.15, 0.2) is 0 Å². The minimum atomic E-state index is -0.650. The van der Waals surface area contributed by atoms with Crippen LogP contribution in [0.25, 0.3) is 0 Å². The Hall–Kier alpha value is -2.23. The van der Waals surface area contributed by atoms with Gasteiger partial charge in [0.05, 0.1) is 37.6 Å². The van der Waals surface area contributed by atoms with Crippen molar-refractivity contribution in [1.29, 1.82) is 0 Å². The van der Waals surface area contributed by atoms with Crippen LogP contribution in [0.4, 0.5) is 0 Å². The van der Waals surface area contributed by atoms with Gasteiger partial charge in [-0.1, -0.05) is 0 Å². The number of hydrogen-bond acceptors (Lipinski definition) is 8. The zero-order valence-corrected chi connectivity index (χ0v) is 15.5. The van der Waals surface area contributed by atoms with E-state index in [-0.39, 0.29) is 17.8 Å². The van der Waals surface area contributed by atoms with Crippen molar-refractivity contribution in [3.63, 3.8) is 0 Å². The summed E-state index contributed by atoms with van der Waals surface area (Å²) in [5.41, 5.74) is 3.11. The number of β-amino-alcohol motifs (C(OH)–C–C–N with tert-alkyl or cyclic N) is 1. The number of aliphatic hydroxyl groups excluding tert-OH is 1. The van der Waals surface area contributed by atoms with Crippen LogP contribution in [0.5, 0.6) is 11.8 Å². The molecule has 0 saturated carbocycles. The number of thiazole rings is 1. The van der Waals surface area contributed by atoms with Crippen molar-refractivity contribution in [1.82, 2.24) is 20.2 Å². The summed E-state index contributed by atoms with van der Waals surface area (Å²) in [6.07, 6.45) is 0.00620. The molecule has 8 nitrogen and oxygen atoms in total. The smallest absolute Gasteiger partial charge is 0.257 e. The predicted molar refractivity (Wildman–Crippen MR) is 96.6 cm³/mol. The third kappa shape index (κ3) is 4.29.